The highest BCUT2D eigenvalue weighted by Crippen LogP contribution is 2.23. The summed E-state index contributed by atoms with van der Waals surface area (Å²) in [5.41, 5.74) is 2.57. The molecule has 0 spiro atoms. The molecule has 0 fully saturated rings. The van der Waals surface area contributed by atoms with E-state index >= 15 is 0 Å². The predicted molar refractivity (Wildman–Crippen MR) is 52.8 cm³/mol. The Bertz CT molecular complexity index is 505. The predicted octanol–water partition coefficient (Wildman–Crippen LogP) is 3.00. The first kappa shape index (κ1) is 8.15. The molecule has 2 nitrogen and oxygen atoms in total. The van der Waals surface area contributed by atoms with Crippen LogP contribution in [0.3, 0.4) is 0 Å². The average Bonchev–Trinajstić information content (AvgIpc) is 2.43. The number of nitrogens with one attached hydrogen (secondary N) is 1. The number of halogens is 1. The van der Waals surface area contributed by atoms with Gasteiger partial charge >= 0.3 is 0 Å². The maximum atomic E-state index is 8.85. The molecule has 1 aromatic carbocycles. The summed E-state index contributed by atoms with van der Waals surface area (Å²) in [7, 11) is 0. The summed E-state index contributed by atoms with van der Waals surface area (Å²) < 4.78 is 0. The van der Waals surface area contributed by atoms with Gasteiger partial charge in [0.2, 0.25) is 0 Å². The fraction of sp³-hybridized carbons (Fsp3) is 0.100. The Balaban J connectivity index is 2.90. The third-order valence-corrected chi connectivity index (χ3v) is 2.18. The highest BCUT2D eigenvalue weighted by Gasteiger charge is 2.04. The Kier molecular flexibility index (Phi) is 1.75. The van der Waals surface area contributed by atoms with Crippen molar-refractivity contribution >= 4 is 22.5 Å². The van der Waals surface area contributed by atoms with E-state index in [1.54, 1.807) is 6.07 Å². The van der Waals surface area contributed by atoms with Crippen LogP contribution in [0.2, 0.25) is 5.02 Å². The van der Waals surface area contributed by atoms with Crippen molar-refractivity contribution in [3.63, 3.8) is 0 Å². The van der Waals surface area contributed by atoms with Crippen LogP contribution in [0.15, 0.2) is 18.2 Å². The number of aromatic nitrogens is 1. The molecule has 2 rings (SSSR count). The molecule has 13 heavy (non-hydrogen) atoms. The van der Waals surface area contributed by atoms with Crippen LogP contribution in [0.25, 0.3) is 10.9 Å². The minimum Gasteiger partial charge on any atom is -0.359 e. The molecule has 0 aliphatic rings. The minimum absolute atomic E-state index is 0.589. The third-order valence-electron chi connectivity index (χ3n) is 1.96. The zero-order chi connectivity index (χ0) is 9.42. The maximum absolute atomic E-state index is 8.85. The molecule has 1 aromatic heterocycles. The lowest BCUT2D eigenvalue weighted by molar-refractivity contribution is 1.30. The number of rotatable bonds is 0. The van der Waals surface area contributed by atoms with E-state index in [4.69, 9.17) is 16.9 Å². The molecule has 64 valence electrons. The van der Waals surface area contributed by atoms with E-state index in [0.29, 0.717) is 10.6 Å². The third kappa shape index (κ3) is 1.28. The molecule has 0 aliphatic carbocycles. The van der Waals surface area contributed by atoms with E-state index in [1.807, 2.05) is 19.1 Å². The van der Waals surface area contributed by atoms with Gasteiger partial charge in [0.1, 0.15) is 0 Å². The molecular formula is C10H7ClN2. The molecule has 0 unspecified atom stereocenters. The summed E-state index contributed by atoms with van der Waals surface area (Å²) >= 11 is 5.84. The van der Waals surface area contributed by atoms with E-state index in [2.05, 4.69) is 11.1 Å². The second-order valence-electron chi connectivity index (χ2n) is 2.98. The molecule has 1 heterocycles. The van der Waals surface area contributed by atoms with E-state index < -0.39 is 0 Å². The molecule has 0 bridgehead atoms. The molecule has 0 atom stereocenters. The van der Waals surface area contributed by atoms with Crippen LogP contribution in [-0.2, 0) is 0 Å². The summed E-state index contributed by atoms with van der Waals surface area (Å²) in [6.45, 7) is 1.95. The lowest BCUT2D eigenvalue weighted by Crippen LogP contribution is -1.76. The van der Waals surface area contributed by atoms with Gasteiger partial charge < -0.3 is 4.98 Å². The van der Waals surface area contributed by atoms with Crippen molar-refractivity contribution < 1.29 is 0 Å². The summed E-state index contributed by atoms with van der Waals surface area (Å²) in [5, 5.41) is 10.4. The molecular weight excluding hydrogens is 184 g/mol. The first-order chi connectivity index (χ1) is 6.20. The molecule has 0 radical (unpaired) electrons. The van der Waals surface area contributed by atoms with Crippen molar-refractivity contribution in [2.45, 2.75) is 6.92 Å². The quantitative estimate of drug-likeness (QED) is 0.682. The van der Waals surface area contributed by atoms with Gasteiger partial charge in [-0.15, -0.1) is 0 Å². The van der Waals surface area contributed by atoms with Crippen LogP contribution in [-0.4, -0.2) is 4.98 Å². The number of fused-ring (bicyclic) bond motifs is 1. The standard InChI is InChI=1S/C10H7ClN2/c1-6-2-9-7(5-12)3-8(11)4-10(9)13-6/h2-4,13H,1H3. The van der Waals surface area contributed by atoms with Gasteiger partial charge in [0.05, 0.1) is 11.6 Å². The lowest BCUT2D eigenvalue weighted by Gasteiger charge is -1.94. The molecule has 2 aromatic rings. The van der Waals surface area contributed by atoms with Gasteiger partial charge in [-0.2, -0.15) is 5.26 Å². The van der Waals surface area contributed by atoms with Gasteiger partial charge in [-0.25, -0.2) is 0 Å². The van der Waals surface area contributed by atoms with Crippen molar-refractivity contribution in [2.75, 3.05) is 0 Å². The highest BCUT2D eigenvalue weighted by atomic mass is 35.5. The Morgan fingerprint density at radius 1 is 1.38 bits per heavy atom. The average molecular weight is 191 g/mol. The van der Waals surface area contributed by atoms with Gasteiger partial charge in [-0.05, 0) is 25.1 Å². The van der Waals surface area contributed by atoms with Gasteiger partial charge in [0.15, 0.2) is 0 Å². The van der Waals surface area contributed by atoms with Gasteiger partial charge in [-0.1, -0.05) is 11.6 Å². The number of hydrogen-bond acceptors (Lipinski definition) is 1. The van der Waals surface area contributed by atoms with E-state index in [-0.39, 0.29) is 0 Å². The minimum atomic E-state index is 0.589. The van der Waals surface area contributed by atoms with Crippen LogP contribution in [0.5, 0.6) is 0 Å². The van der Waals surface area contributed by atoms with Crippen LogP contribution < -0.4 is 0 Å². The van der Waals surface area contributed by atoms with E-state index in [9.17, 15) is 0 Å². The van der Waals surface area contributed by atoms with Crippen LogP contribution in [0, 0.1) is 18.3 Å². The molecule has 0 saturated carbocycles. The normalized spacial score (nSPS) is 10.2. The van der Waals surface area contributed by atoms with E-state index in [1.165, 1.54) is 0 Å². The maximum Gasteiger partial charge on any atom is 0.0999 e. The van der Waals surface area contributed by atoms with Gasteiger partial charge in [0, 0.05) is 21.6 Å². The number of nitrogens with zero attached hydrogens (tertiary/aromatic N) is 1. The van der Waals surface area contributed by atoms with Gasteiger partial charge in [-0.3, -0.25) is 0 Å². The number of aromatic amines is 1. The Labute approximate surface area is 80.7 Å². The SMILES string of the molecule is Cc1cc2c(C#N)cc(Cl)cc2[nH]1. The number of H-pyrrole nitrogens is 1. The van der Waals surface area contributed by atoms with Crippen molar-refractivity contribution in [3.05, 3.63) is 34.5 Å². The second-order valence-corrected chi connectivity index (χ2v) is 3.42. The van der Waals surface area contributed by atoms with Crippen molar-refractivity contribution in [2.24, 2.45) is 0 Å². The van der Waals surface area contributed by atoms with Crippen molar-refractivity contribution in [1.82, 2.24) is 4.98 Å². The number of hydrogen-bond donors (Lipinski definition) is 1. The fourth-order valence-corrected chi connectivity index (χ4v) is 1.65. The zero-order valence-corrected chi connectivity index (χ0v) is 7.81. The Morgan fingerprint density at radius 3 is 2.85 bits per heavy atom. The first-order valence-corrected chi connectivity index (χ1v) is 4.27. The largest absolute Gasteiger partial charge is 0.359 e. The van der Waals surface area contributed by atoms with Gasteiger partial charge in [0.25, 0.3) is 0 Å². The van der Waals surface area contributed by atoms with Crippen LogP contribution in [0.1, 0.15) is 11.3 Å². The Morgan fingerprint density at radius 2 is 2.15 bits per heavy atom. The number of nitriles is 1. The number of aryl methyl sites for hydroxylation is 1. The zero-order valence-electron chi connectivity index (χ0n) is 7.06. The molecule has 0 aliphatic heterocycles. The summed E-state index contributed by atoms with van der Waals surface area (Å²) in [6.07, 6.45) is 0. The molecule has 1 N–H and O–H groups in total. The molecule has 0 saturated heterocycles. The van der Waals surface area contributed by atoms with Crippen molar-refractivity contribution in [1.29, 1.82) is 5.26 Å². The van der Waals surface area contributed by atoms with Crippen molar-refractivity contribution in [3.8, 4) is 6.07 Å². The topological polar surface area (TPSA) is 39.6 Å². The van der Waals surface area contributed by atoms with Crippen LogP contribution >= 0.6 is 11.6 Å². The Hall–Kier alpha value is -1.46. The summed E-state index contributed by atoms with van der Waals surface area (Å²) in [6, 6.07) is 7.57. The summed E-state index contributed by atoms with van der Waals surface area (Å²) in [5.74, 6) is 0. The smallest absolute Gasteiger partial charge is 0.0999 e. The van der Waals surface area contributed by atoms with Crippen LogP contribution in [0.4, 0.5) is 0 Å². The lowest BCUT2D eigenvalue weighted by atomic mass is 10.1. The summed E-state index contributed by atoms with van der Waals surface area (Å²) in [4.78, 5) is 3.14. The molecule has 0 amide bonds. The fourth-order valence-electron chi connectivity index (χ4n) is 1.43. The number of benzene rings is 1. The monoisotopic (exact) mass is 190 g/mol. The first-order valence-electron chi connectivity index (χ1n) is 3.89. The second kappa shape index (κ2) is 2.79. The molecule has 3 heteroatoms. The van der Waals surface area contributed by atoms with E-state index in [0.717, 1.165) is 16.6 Å². The highest BCUT2D eigenvalue weighted by molar-refractivity contribution is 6.31.